The number of nitrogens with zero attached hydrogens (tertiary/aromatic N) is 1. The average Bonchev–Trinajstić information content (AvgIpc) is 2.55. The van der Waals surface area contributed by atoms with Gasteiger partial charge in [0.1, 0.15) is 5.82 Å². The van der Waals surface area contributed by atoms with E-state index in [-0.39, 0.29) is 36.5 Å². The molecule has 1 aliphatic heterocycles. The first-order valence-corrected chi connectivity index (χ1v) is 9.87. The summed E-state index contributed by atoms with van der Waals surface area (Å²) in [7, 11) is -3.24. The zero-order valence-corrected chi connectivity index (χ0v) is 15.2. The van der Waals surface area contributed by atoms with E-state index in [0.717, 1.165) is 12.3 Å². The van der Waals surface area contributed by atoms with Gasteiger partial charge in [-0.25, -0.2) is 17.1 Å². The number of halogens is 2. The zero-order chi connectivity index (χ0) is 18.6. The molecule has 7 nitrogen and oxygen atoms in total. The van der Waals surface area contributed by atoms with Crippen LogP contribution in [-0.4, -0.2) is 50.4 Å². The van der Waals surface area contributed by atoms with Crippen LogP contribution in [0.25, 0.3) is 0 Å². The number of hydrogen-bond donors (Lipinski definition) is 2. The van der Waals surface area contributed by atoms with Crippen molar-refractivity contribution in [3.63, 3.8) is 0 Å². The van der Waals surface area contributed by atoms with Crippen molar-refractivity contribution < 1.29 is 22.4 Å². The Kier molecular flexibility index (Phi) is 6.36. The smallest absolute Gasteiger partial charge is 0.243 e. The van der Waals surface area contributed by atoms with Crippen LogP contribution >= 0.6 is 11.6 Å². The molecule has 1 fully saturated rings. The lowest BCUT2D eigenvalue weighted by Gasteiger charge is -2.29. The van der Waals surface area contributed by atoms with Crippen molar-refractivity contribution in [1.29, 1.82) is 0 Å². The van der Waals surface area contributed by atoms with Crippen molar-refractivity contribution in [3.8, 4) is 0 Å². The van der Waals surface area contributed by atoms with Gasteiger partial charge in [0.15, 0.2) is 0 Å². The van der Waals surface area contributed by atoms with Gasteiger partial charge in [0.05, 0.1) is 17.8 Å². The lowest BCUT2D eigenvalue weighted by molar-refractivity contribution is -0.128. The molecule has 0 bridgehead atoms. The Bertz CT molecular complexity index is 764. The maximum absolute atomic E-state index is 13.1. The number of carbonyl (C=O) groups is 2. The highest BCUT2D eigenvalue weighted by atomic mass is 35.5. The Hall–Kier alpha value is -1.71. The fraction of sp³-hybridized carbons (Fsp3) is 0.467. The summed E-state index contributed by atoms with van der Waals surface area (Å²) >= 11 is 5.63. The standard InChI is InChI=1S/C15H19ClFN3O4S/c1-25(23,24)20-6-4-10(5-7-20)15(22)18-9-14(21)19-11-2-3-13(17)12(16)8-11/h2-3,8,10H,4-7,9H2,1H3,(H,18,22)(H,19,21). The van der Waals surface area contributed by atoms with Crippen molar-refractivity contribution in [2.75, 3.05) is 31.2 Å². The number of amides is 2. The van der Waals surface area contributed by atoms with Gasteiger partial charge in [-0.05, 0) is 31.0 Å². The Morgan fingerprint density at radius 1 is 1.32 bits per heavy atom. The number of anilines is 1. The topological polar surface area (TPSA) is 95.6 Å². The molecule has 0 aromatic heterocycles. The van der Waals surface area contributed by atoms with E-state index in [9.17, 15) is 22.4 Å². The summed E-state index contributed by atoms with van der Waals surface area (Å²) in [5.41, 5.74) is 0.326. The number of rotatable bonds is 5. The lowest BCUT2D eigenvalue weighted by atomic mass is 9.97. The fourth-order valence-corrected chi connectivity index (χ4v) is 3.60. The molecular formula is C15H19ClFN3O4S. The second-order valence-electron chi connectivity index (χ2n) is 5.83. The van der Waals surface area contributed by atoms with Crippen LogP contribution < -0.4 is 10.6 Å². The van der Waals surface area contributed by atoms with Gasteiger partial charge < -0.3 is 10.6 Å². The van der Waals surface area contributed by atoms with E-state index in [1.54, 1.807) is 0 Å². The molecule has 25 heavy (non-hydrogen) atoms. The lowest BCUT2D eigenvalue weighted by Crippen LogP contribution is -2.44. The van der Waals surface area contributed by atoms with Crippen molar-refractivity contribution >= 4 is 39.1 Å². The molecule has 0 unspecified atom stereocenters. The molecule has 1 saturated heterocycles. The predicted molar refractivity (Wildman–Crippen MR) is 92.2 cm³/mol. The minimum absolute atomic E-state index is 0.112. The van der Waals surface area contributed by atoms with Crippen molar-refractivity contribution in [3.05, 3.63) is 29.0 Å². The van der Waals surface area contributed by atoms with Crippen molar-refractivity contribution in [1.82, 2.24) is 9.62 Å². The number of sulfonamides is 1. The predicted octanol–water partition coefficient (Wildman–Crippen LogP) is 1.21. The van der Waals surface area contributed by atoms with Gasteiger partial charge in [-0.15, -0.1) is 0 Å². The summed E-state index contributed by atoms with van der Waals surface area (Å²) in [4.78, 5) is 23.9. The van der Waals surface area contributed by atoms with Gasteiger partial charge in [0.25, 0.3) is 0 Å². The highest BCUT2D eigenvalue weighted by Crippen LogP contribution is 2.20. The molecule has 2 rings (SSSR count). The van der Waals surface area contributed by atoms with Crippen LogP contribution in [-0.2, 0) is 19.6 Å². The molecule has 1 aromatic carbocycles. The molecule has 1 aliphatic rings. The highest BCUT2D eigenvalue weighted by molar-refractivity contribution is 7.88. The van der Waals surface area contributed by atoms with E-state index in [4.69, 9.17) is 11.6 Å². The van der Waals surface area contributed by atoms with Gasteiger partial charge in [0, 0.05) is 24.7 Å². The van der Waals surface area contributed by atoms with Crippen LogP contribution in [0.1, 0.15) is 12.8 Å². The minimum atomic E-state index is -3.24. The highest BCUT2D eigenvalue weighted by Gasteiger charge is 2.28. The summed E-state index contributed by atoms with van der Waals surface area (Å²) < 4.78 is 37.3. The third kappa shape index (κ3) is 5.65. The molecule has 1 aromatic rings. The molecular weight excluding hydrogens is 373 g/mol. The summed E-state index contributed by atoms with van der Waals surface area (Å²) in [6.45, 7) is 0.342. The zero-order valence-electron chi connectivity index (χ0n) is 13.6. The number of benzene rings is 1. The SMILES string of the molecule is CS(=O)(=O)N1CCC(C(=O)NCC(=O)Nc2ccc(F)c(Cl)c2)CC1. The third-order valence-corrected chi connectivity index (χ3v) is 5.51. The molecule has 2 N–H and O–H groups in total. The second kappa shape index (κ2) is 8.11. The van der Waals surface area contributed by atoms with E-state index in [2.05, 4.69) is 10.6 Å². The van der Waals surface area contributed by atoms with Gasteiger partial charge >= 0.3 is 0 Å². The molecule has 0 aliphatic carbocycles. The van der Waals surface area contributed by atoms with E-state index in [0.29, 0.717) is 18.5 Å². The van der Waals surface area contributed by atoms with Crippen LogP contribution in [0.4, 0.5) is 10.1 Å². The van der Waals surface area contributed by atoms with Crippen molar-refractivity contribution in [2.45, 2.75) is 12.8 Å². The molecule has 2 amide bonds. The van der Waals surface area contributed by atoms with E-state index >= 15 is 0 Å². The number of nitrogens with one attached hydrogen (secondary N) is 2. The normalized spacial score (nSPS) is 16.4. The Labute approximate surface area is 150 Å². The molecule has 0 spiro atoms. The van der Waals surface area contributed by atoms with Gasteiger partial charge in [0.2, 0.25) is 21.8 Å². The van der Waals surface area contributed by atoms with Gasteiger partial charge in [-0.1, -0.05) is 11.6 Å². The fourth-order valence-electron chi connectivity index (χ4n) is 2.54. The minimum Gasteiger partial charge on any atom is -0.347 e. The number of hydrogen-bond acceptors (Lipinski definition) is 4. The summed E-state index contributed by atoms with van der Waals surface area (Å²) in [6.07, 6.45) is 1.96. The quantitative estimate of drug-likeness (QED) is 0.788. The van der Waals surface area contributed by atoms with Gasteiger partial charge in [-0.2, -0.15) is 0 Å². The Balaban J connectivity index is 1.78. The van der Waals surface area contributed by atoms with Crippen molar-refractivity contribution in [2.24, 2.45) is 5.92 Å². The average molecular weight is 392 g/mol. The third-order valence-electron chi connectivity index (χ3n) is 3.92. The molecule has 1 heterocycles. The second-order valence-corrected chi connectivity index (χ2v) is 8.22. The van der Waals surface area contributed by atoms with Crippen LogP contribution in [0.15, 0.2) is 18.2 Å². The first kappa shape index (κ1) is 19.6. The summed E-state index contributed by atoms with van der Waals surface area (Å²) in [5.74, 6) is -1.68. The maximum atomic E-state index is 13.1. The maximum Gasteiger partial charge on any atom is 0.243 e. The van der Waals surface area contributed by atoms with E-state index < -0.39 is 21.7 Å². The Morgan fingerprint density at radius 2 is 1.96 bits per heavy atom. The molecule has 10 heteroatoms. The van der Waals surface area contributed by atoms with E-state index in [1.807, 2.05) is 0 Å². The number of carbonyl (C=O) groups excluding carboxylic acids is 2. The van der Waals surface area contributed by atoms with Crippen LogP contribution in [0.5, 0.6) is 0 Å². The molecule has 0 saturated carbocycles. The monoisotopic (exact) mass is 391 g/mol. The van der Waals surface area contributed by atoms with Gasteiger partial charge in [-0.3, -0.25) is 9.59 Å². The van der Waals surface area contributed by atoms with E-state index in [1.165, 1.54) is 16.4 Å². The first-order chi connectivity index (χ1) is 11.7. The molecule has 138 valence electrons. The van der Waals surface area contributed by atoms with Crippen LogP contribution in [0, 0.1) is 11.7 Å². The van der Waals surface area contributed by atoms with Crippen LogP contribution in [0.3, 0.4) is 0 Å². The summed E-state index contributed by atoms with van der Waals surface area (Å²) in [5, 5.41) is 4.92. The Morgan fingerprint density at radius 3 is 2.52 bits per heavy atom. The largest absolute Gasteiger partial charge is 0.347 e. The number of piperidine rings is 1. The summed E-state index contributed by atoms with van der Waals surface area (Å²) in [6, 6.07) is 3.77. The molecule has 0 radical (unpaired) electrons. The first-order valence-electron chi connectivity index (χ1n) is 7.64. The molecule has 0 atom stereocenters. The van der Waals surface area contributed by atoms with Crippen LogP contribution in [0.2, 0.25) is 5.02 Å².